The summed E-state index contributed by atoms with van der Waals surface area (Å²) in [6.45, 7) is 2.09. The maximum atomic E-state index is 12.7. The molecule has 0 aliphatic heterocycles. The fourth-order valence-corrected chi connectivity index (χ4v) is 2.85. The van der Waals surface area contributed by atoms with E-state index >= 15 is 0 Å². The van der Waals surface area contributed by atoms with Crippen molar-refractivity contribution in [1.29, 1.82) is 0 Å². The summed E-state index contributed by atoms with van der Waals surface area (Å²) in [4.78, 5) is 12.7. The maximum absolute atomic E-state index is 12.7. The second kappa shape index (κ2) is 6.10. The second-order valence-electron chi connectivity index (χ2n) is 5.37. The normalized spacial score (nSPS) is 11.6. The highest BCUT2D eigenvalue weighted by Crippen LogP contribution is 2.20. The zero-order valence-electron chi connectivity index (χ0n) is 12.4. The van der Waals surface area contributed by atoms with Crippen LogP contribution in [0.2, 0.25) is 5.02 Å². The van der Waals surface area contributed by atoms with Crippen LogP contribution in [0.4, 0.5) is 0 Å². The van der Waals surface area contributed by atoms with Crippen molar-refractivity contribution in [2.24, 2.45) is 0 Å². The molecule has 116 valence electrons. The van der Waals surface area contributed by atoms with Gasteiger partial charge >= 0.3 is 0 Å². The lowest BCUT2D eigenvalue weighted by atomic mass is 10.2. The first-order valence-corrected chi connectivity index (χ1v) is 7.86. The summed E-state index contributed by atoms with van der Waals surface area (Å²) < 4.78 is 3.18. The number of aromatic nitrogens is 3. The molecule has 22 heavy (non-hydrogen) atoms. The number of halogens is 1. The molecule has 0 radical (unpaired) electrons. The predicted octanol–water partition coefficient (Wildman–Crippen LogP) is 2.48. The van der Waals surface area contributed by atoms with Crippen LogP contribution in [0, 0.1) is 0 Å². The Kier molecular flexibility index (Phi) is 4.18. The molecule has 6 heteroatoms. The quantitative estimate of drug-likeness (QED) is 0.786. The van der Waals surface area contributed by atoms with Crippen molar-refractivity contribution in [1.82, 2.24) is 14.2 Å². The molecule has 0 unspecified atom stereocenters. The summed E-state index contributed by atoms with van der Waals surface area (Å²) in [5.41, 5.74) is 2.03. The summed E-state index contributed by atoms with van der Waals surface area (Å²) in [5.74, 6) is 0. The molecule has 0 saturated carbocycles. The van der Waals surface area contributed by atoms with Crippen molar-refractivity contribution in [2.45, 2.75) is 32.6 Å². The first-order chi connectivity index (χ1) is 10.7. The van der Waals surface area contributed by atoms with Crippen LogP contribution in [-0.2, 0) is 12.8 Å². The molecule has 0 spiro atoms. The van der Waals surface area contributed by atoms with E-state index in [-0.39, 0.29) is 12.2 Å². The Morgan fingerprint density at radius 2 is 2.09 bits per heavy atom. The lowest BCUT2D eigenvalue weighted by Crippen LogP contribution is -2.17. The fraction of sp³-hybridized carbons (Fsp3) is 0.375. The number of benzene rings is 1. The van der Waals surface area contributed by atoms with Gasteiger partial charge in [0.1, 0.15) is 5.69 Å². The monoisotopic (exact) mass is 319 g/mol. The standard InChI is InChI=1S/C16H18ClN3O2/c1-2-3-4-14-16(22)19-15-6-5-12(17)9-11(15)10-13(7-8-21)20(19)18-14/h5-6,9-10,21H,2-4,7-8H2,1H3. The van der Waals surface area contributed by atoms with Gasteiger partial charge in [-0.2, -0.15) is 14.2 Å². The van der Waals surface area contributed by atoms with Gasteiger partial charge in [0.15, 0.2) is 0 Å². The van der Waals surface area contributed by atoms with Crippen LogP contribution in [-0.4, -0.2) is 26.0 Å². The Labute approximate surface area is 132 Å². The lowest BCUT2D eigenvalue weighted by molar-refractivity contribution is 0.296. The molecule has 3 aromatic rings. The molecule has 0 atom stereocenters. The third kappa shape index (κ3) is 2.51. The first-order valence-electron chi connectivity index (χ1n) is 7.48. The van der Waals surface area contributed by atoms with Gasteiger partial charge in [-0.3, -0.25) is 4.79 Å². The number of hydrogen-bond donors (Lipinski definition) is 1. The SMILES string of the molecule is CCCCc1nn2c(CCO)cc3cc(Cl)ccc3n2c1=O. The number of rotatable bonds is 5. The van der Waals surface area contributed by atoms with Crippen LogP contribution in [0.3, 0.4) is 0 Å². The van der Waals surface area contributed by atoms with E-state index in [4.69, 9.17) is 11.6 Å². The zero-order chi connectivity index (χ0) is 15.7. The van der Waals surface area contributed by atoms with Gasteiger partial charge in [0.25, 0.3) is 5.56 Å². The van der Waals surface area contributed by atoms with Crippen LogP contribution in [0.25, 0.3) is 10.9 Å². The molecule has 0 aliphatic rings. The molecule has 5 nitrogen and oxygen atoms in total. The molecule has 0 amide bonds. The van der Waals surface area contributed by atoms with E-state index in [1.165, 1.54) is 0 Å². The maximum Gasteiger partial charge on any atom is 0.294 e. The Bertz CT molecular complexity index is 882. The summed E-state index contributed by atoms with van der Waals surface area (Å²) in [5, 5.41) is 15.2. The third-order valence-electron chi connectivity index (χ3n) is 3.78. The number of hydrogen-bond acceptors (Lipinski definition) is 3. The number of fused-ring (bicyclic) bond motifs is 3. The Hall–Kier alpha value is -1.85. The van der Waals surface area contributed by atoms with Gasteiger partial charge in [-0.15, -0.1) is 0 Å². The van der Waals surface area contributed by atoms with E-state index in [1.807, 2.05) is 18.2 Å². The van der Waals surface area contributed by atoms with Crippen molar-refractivity contribution in [2.75, 3.05) is 6.61 Å². The molecular weight excluding hydrogens is 302 g/mol. The molecule has 0 bridgehead atoms. The average Bonchev–Trinajstić information content (AvgIpc) is 2.83. The molecule has 0 saturated heterocycles. The Morgan fingerprint density at radius 3 is 2.82 bits per heavy atom. The number of aliphatic hydroxyl groups excluding tert-OH is 1. The molecule has 3 rings (SSSR count). The van der Waals surface area contributed by atoms with E-state index in [0.29, 0.717) is 23.6 Å². The van der Waals surface area contributed by atoms with Crippen molar-refractivity contribution in [3.63, 3.8) is 0 Å². The van der Waals surface area contributed by atoms with E-state index < -0.39 is 0 Å². The second-order valence-corrected chi connectivity index (χ2v) is 5.81. The largest absolute Gasteiger partial charge is 0.396 e. The first kappa shape index (κ1) is 15.1. The van der Waals surface area contributed by atoms with Crippen molar-refractivity contribution < 1.29 is 5.11 Å². The lowest BCUT2D eigenvalue weighted by Gasteiger charge is -2.08. The van der Waals surface area contributed by atoms with E-state index in [9.17, 15) is 9.90 Å². The van der Waals surface area contributed by atoms with E-state index in [1.54, 1.807) is 15.2 Å². The van der Waals surface area contributed by atoms with Crippen molar-refractivity contribution in [3.05, 3.63) is 51.0 Å². The van der Waals surface area contributed by atoms with Crippen LogP contribution in [0.15, 0.2) is 29.1 Å². The predicted molar refractivity (Wildman–Crippen MR) is 86.8 cm³/mol. The molecular formula is C16H18ClN3O2. The van der Waals surface area contributed by atoms with E-state index in [2.05, 4.69) is 12.0 Å². The third-order valence-corrected chi connectivity index (χ3v) is 4.01. The number of unbranched alkanes of at least 4 members (excludes halogenated alkanes) is 1. The van der Waals surface area contributed by atoms with Crippen LogP contribution < -0.4 is 5.56 Å². The van der Waals surface area contributed by atoms with Crippen LogP contribution >= 0.6 is 11.6 Å². The minimum Gasteiger partial charge on any atom is -0.396 e. The van der Waals surface area contributed by atoms with Gasteiger partial charge in [-0.1, -0.05) is 24.9 Å². The van der Waals surface area contributed by atoms with Crippen LogP contribution in [0.1, 0.15) is 31.2 Å². The number of aryl methyl sites for hydroxylation is 1. The van der Waals surface area contributed by atoms with Gasteiger partial charge in [-0.05, 0) is 37.1 Å². The Balaban J connectivity index is 2.34. The number of nitrogens with zero attached hydrogens (tertiary/aromatic N) is 3. The summed E-state index contributed by atoms with van der Waals surface area (Å²) in [7, 11) is 0. The number of aliphatic hydroxyl groups is 1. The molecule has 1 N–H and O–H groups in total. The van der Waals surface area contributed by atoms with Crippen molar-refractivity contribution >= 4 is 22.5 Å². The fourth-order valence-electron chi connectivity index (χ4n) is 2.67. The van der Waals surface area contributed by atoms with Gasteiger partial charge in [-0.25, -0.2) is 0 Å². The van der Waals surface area contributed by atoms with Gasteiger partial charge in [0.05, 0.1) is 11.2 Å². The van der Waals surface area contributed by atoms with Crippen molar-refractivity contribution in [3.8, 4) is 0 Å². The van der Waals surface area contributed by atoms with Crippen LogP contribution in [0.5, 0.6) is 0 Å². The molecule has 1 aromatic carbocycles. The minimum atomic E-state index is -0.0967. The highest BCUT2D eigenvalue weighted by atomic mass is 35.5. The highest BCUT2D eigenvalue weighted by molar-refractivity contribution is 6.31. The summed E-state index contributed by atoms with van der Waals surface area (Å²) in [6.07, 6.45) is 3.04. The Morgan fingerprint density at radius 1 is 1.27 bits per heavy atom. The molecule has 0 fully saturated rings. The smallest absolute Gasteiger partial charge is 0.294 e. The highest BCUT2D eigenvalue weighted by Gasteiger charge is 2.14. The zero-order valence-corrected chi connectivity index (χ0v) is 13.2. The molecule has 0 aliphatic carbocycles. The minimum absolute atomic E-state index is 0.0000756. The van der Waals surface area contributed by atoms with Gasteiger partial charge < -0.3 is 5.11 Å². The van der Waals surface area contributed by atoms with E-state index in [0.717, 1.165) is 29.4 Å². The summed E-state index contributed by atoms with van der Waals surface area (Å²) >= 11 is 6.05. The van der Waals surface area contributed by atoms with Gasteiger partial charge in [0.2, 0.25) is 0 Å². The topological polar surface area (TPSA) is 59.0 Å². The molecule has 2 aromatic heterocycles. The van der Waals surface area contributed by atoms with Gasteiger partial charge in [0, 0.05) is 23.4 Å². The molecule has 2 heterocycles. The summed E-state index contributed by atoms with van der Waals surface area (Å²) in [6, 6.07) is 7.34. The average molecular weight is 320 g/mol.